The van der Waals surface area contributed by atoms with Crippen LogP contribution in [0.5, 0.6) is 0 Å². The van der Waals surface area contributed by atoms with Crippen LogP contribution in [0, 0.1) is 5.92 Å². The largest absolute Gasteiger partial charge is 0.462 e. The number of nitrogens with zero attached hydrogens (tertiary/aromatic N) is 1. The number of aromatic nitrogens is 1. The van der Waals surface area contributed by atoms with Crippen molar-refractivity contribution in [3.63, 3.8) is 0 Å². The predicted molar refractivity (Wildman–Crippen MR) is 99.5 cm³/mol. The third kappa shape index (κ3) is 3.87. The summed E-state index contributed by atoms with van der Waals surface area (Å²) >= 11 is 3.50. The molecule has 1 aromatic carbocycles. The molecule has 1 unspecified atom stereocenters. The Morgan fingerprint density at radius 3 is 3.12 bits per heavy atom. The minimum Gasteiger partial charge on any atom is -0.462 e. The number of rotatable bonds is 5. The summed E-state index contributed by atoms with van der Waals surface area (Å²) < 4.78 is 6.16. The van der Waals surface area contributed by atoms with Crippen molar-refractivity contribution in [2.75, 3.05) is 31.6 Å². The summed E-state index contributed by atoms with van der Waals surface area (Å²) in [5, 5.41) is 7.84. The van der Waals surface area contributed by atoms with Crippen LogP contribution in [0.2, 0.25) is 0 Å². The molecule has 2 aromatic rings. The van der Waals surface area contributed by atoms with E-state index in [2.05, 4.69) is 31.5 Å². The van der Waals surface area contributed by atoms with Gasteiger partial charge in [0.25, 0.3) is 0 Å². The number of hydrogen-bond acceptors (Lipinski definition) is 5. The van der Waals surface area contributed by atoms with E-state index in [1.54, 1.807) is 6.20 Å². The van der Waals surface area contributed by atoms with Crippen LogP contribution >= 0.6 is 15.9 Å². The Morgan fingerprint density at radius 1 is 1.50 bits per heavy atom. The van der Waals surface area contributed by atoms with Crippen LogP contribution in [-0.2, 0) is 4.74 Å². The molecule has 2 N–H and O–H groups in total. The minimum atomic E-state index is -0.337. The Kier molecular flexibility index (Phi) is 5.68. The van der Waals surface area contributed by atoms with Gasteiger partial charge in [-0.25, -0.2) is 4.79 Å². The zero-order valence-corrected chi connectivity index (χ0v) is 15.4. The number of esters is 1. The Hall–Kier alpha value is -1.66. The van der Waals surface area contributed by atoms with Crippen molar-refractivity contribution in [2.24, 2.45) is 5.92 Å². The first-order valence-corrected chi connectivity index (χ1v) is 9.18. The number of hydrogen-bond donors (Lipinski definition) is 2. The van der Waals surface area contributed by atoms with Gasteiger partial charge in [0.1, 0.15) is 5.56 Å². The van der Waals surface area contributed by atoms with Gasteiger partial charge in [0.15, 0.2) is 0 Å². The molecule has 1 aliphatic rings. The lowest BCUT2D eigenvalue weighted by Crippen LogP contribution is -2.33. The number of pyridine rings is 1. The first-order chi connectivity index (χ1) is 11.7. The molecule has 24 heavy (non-hydrogen) atoms. The molecule has 1 aliphatic heterocycles. The lowest BCUT2D eigenvalue weighted by Gasteiger charge is -2.24. The molecule has 1 fully saturated rings. The highest BCUT2D eigenvalue weighted by Gasteiger charge is 2.19. The molecule has 6 heteroatoms. The number of piperidine rings is 1. The summed E-state index contributed by atoms with van der Waals surface area (Å²) in [4.78, 5) is 16.7. The number of fused-ring (bicyclic) bond motifs is 1. The molecule has 0 aliphatic carbocycles. The van der Waals surface area contributed by atoms with Crippen LogP contribution < -0.4 is 10.6 Å². The third-order valence-electron chi connectivity index (χ3n) is 4.29. The number of carbonyl (C=O) groups is 1. The number of ether oxygens (including phenoxy) is 1. The van der Waals surface area contributed by atoms with Gasteiger partial charge in [-0.2, -0.15) is 0 Å². The normalized spacial score (nSPS) is 17.7. The Balaban J connectivity index is 1.94. The Bertz CT molecular complexity index is 730. The van der Waals surface area contributed by atoms with Crippen molar-refractivity contribution in [3.8, 4) is 0 Å². The average molecular weight is 392 g/mol. The highest BCUT2D eigenvalue weighted by Crippen LogP contribution is 2.29. The smallest absolute Gasteiger partial charge is 0.341 e. The van der Waals surface area contributed by atoms with Crippen molar-refractivity contribution in [1.82, 2.24) is 10.3 Å². The maximum Gasteiger partial charge on any atom is 0.341 e. The summed E-state index contributed by atoms with van der Waals surface area (Å²) in [5.41, 5.74) is 2.16. The molecule has 1 saturated heterocycles. The minimum absolute atomic E-state index is 0.337. The lowest BCUT2D eigenvalue weighted by atomic mass is 9.99. The van der Waals surface area contributed by atoms with Gasteiger partial charge in [0.05, 0.1) is 17.8 Å². The van der Waals surface area contributed by atoms with Crippen molar-refractivity contribution in [1.29, 1.82) is 0 Å². The second-order valence-corrected chi connectivity index (χ2v) is 6.94. The van der Waals surface area contributed by atoms with E-state index in [0.29, 0.717) is 18.1 Å². The standard InChI is InChI=1S/C18H22BrN3O2/c1-2-24-18(23)15-11-21-16-6-5-13(19)8-14(16)17(15)22-10-12-4-3-7-20-9-12/h5-6,8,11-12,20H,2-4,7,9-10H2,1H3,(H,21,22). The molecule has 0 bridgehead atoms. The predicted octanol–water partition coefficient (Wildman–Crippen LogP) is 3.59. The molecule has 2 heterocycles. The van der Waals surface area contributed by atoms with E-state index >= 15 is 0 Å². The maximum atomic E-state index is 12.3. The van der Waals surface area contributed by atoms with Gasteiger partial charge in [-0.05, 0) is 57.0 Å². The van der Waals surface area contributed by atoms with E-state index < -0.39 is 0 Å². The van der Waals surface area contributed by atoms with Gasteiger partial charge >= 0.3 is 5.97 Å². The van der Waals surface area contributed by atoms with E-state index in [4.69, 9.17) is 4.74 Å². The molecular formula is C18H22BrN3O2. The quantitative estimate of drug-likeness (QED) is 0.762. The molecule has 1 atom stereocenters. The molecular weight excluding hydrogens is 370 g/mol. The van der Waals surface area contributed by atoms with E-state index in [1.807, 2.05) is 25.1 Å². The first kappa shape index (κ1) is 17.2. The monoisotopic (exact) mass is 391 g/mol. The number of halogens is 1. The second-order valence-electron chi connectivity index (χ2n) is 6.02. The molecule has 1 aromatic heterocycles. The second kappa shape index (κ2) is 7.94. The van der Waals surface area contributed by atoms with Gasteiger partial charge in [0.2, 0.25) is 0 Å². The SMILES string of the molecule is CCOC(=O)c1cnc2ccc(Br)cc2c1NCC1CCCNC1. The molecule has 0 radical (unpaired) electrons. The summed E-state index contributed by atoms with van der Waals surface area (Å²) in [6.45, 7) is 5.08. The highest BCUT2D eigenvalue weighted by molar-refractivity contribution is 9.10. The molecule has 5 nitrogen and oxygen atoms in total. The molecule has 3 rings (SSSR count). The van der Waals surface area contributed by atoms with Crippen LogP contribution in [0.3, 0.4) is 0 Å². The molecule has 128 valence electrons. The number of anilines is 1. The topological polar surface area (TPSA) is 63.2 Å². The van der Waals surface area contributed by atoms with Gasteiger partial charge in [0, 0.05) is 22.6 Å². The molecule has 0 spiro atoms. The van der Waals surface area contributed by atoms with Crippen LogP contribution in [-0.4, -0.2) is 37.2 Å². The van der Waals surface area contributed by atoms with E-state index in [-0.39, 0.29) is 5.97 Å². The zero-order valence-electron chi connectivity index (χ0n) is 13.8. The van der Waals surface area contributed by atoms with Gasteiger partial charge < -0.3 is 15.4 Å². The number of nitrogens with one attached hydrogen (secondary N) is 2. The highest BCUT2D eigenvalue weighted by atomic mass is 79.9. The molecule has 0 saturated carbocycles. The van der Waals surface area contributed by atoms with Gasteiger partial charge in [-0.3, -0.25) is 4.98 Å². The Morgan fingerprint density at radius 2 is 2.38 bits per heavy atom. The van der Waals surface area contributed by atoms with E-state index in [9.17, 15) is 4.79 Å². The van der Waals surface area contributed by atoms with Gasteiger partial charge in [-0.15, -0.1) is 0 Å². The summed E-state index contributed by atoms with van der Waals surface area (Å²) in [6, 6.07) is 5.89. The van der Waals surface area contributed by atoms with Crippen LogP contribution in [0.15, 0.2) is 28.9 Å². The zero-order chi connectivity index (χ0) is 16.9. The Labute approximate surface area is 150 Å². The maximum absolute atomic E-state index is 12.3. The summed E-state index contributed by atoms with van der Waals surface area (Å²) in [7, 11) is 0. The van der Waals surface area contributed by atoms with E-state index in [0.717, 1.165) is 40.7 Å². The number of benzene rings is 1. The molecule has 0 amide bonds. The van der Waals surface area contributed by atoms with Crippen LogP contribution in [0.25, 0.3) is 10.9 Å². The summed E-state index contributed by atoms with van der Waals surface area (Å²) in [6.07, 6.45) is 4.00. The van der Waals surface area contributed by atoms with Crippen molar-refractivity contribution in [3.05, 3.63) is 34.4 Å². The fourth-order valence-electron chi connectivity index (χ4n) is 3.06. The number of carbonyl (C=O) groups excluding carboxylic acids is 1. The van der Waals surface area contributed by atoms with Crippen molar-refractivity contribution >= 4 is 38.5 Å². The van der Waals surface area contributed by atoms with Crippen molar-refractivity contribution in [2.45, 2.75) is 19.8 Å². The average Bonchev–Trinajstić information content (AvgIpc) is 2.60. The van der Waals surface area contributed by atoms with Crippen LogP contribution in [0.4, 0.5) is 5.69 Å². The summed E-state index contributed by atoms with van der Waals surface area (Å²) in [5.74, 6) is 0.223. The van der Waals surface area contributed by atoms with Crippen molar-refractivity contribution < 1.29 is 9.53 Å². The fraction of sp³-hybridized carbons (Fsp3) is 0.444. The van der Waals surface area contributed by atoms with E-state index in [1.165, 1.54) is 12.8 Å². The van der Waals surface area contributed by atoms with Gasteiger partial charge in [-0.1, -0.05) is 15.9 Å². The lowest BCUT2D eigenvalue weighted by molar-refractivity contribution is 0.0527. The first-order valence-electron chi connectivity index (χ1n) is 8.39. The van der Waals surface area contributed by atoms with Crippen LogP contribution in [0.1, 0.15) is 30.1 Å². The third-order valence-corrected chi connectivity index (χ3v) is 4.79. The fourth-order valence-corrected chi connectivity index (χ4v) is 3.42.